The first-order chi connectivity index (χ1) is 7.92. The van der Waals surface area contributed by atoms with E-state index in [1.54, 1.807) is 0 Å². The fourth-order valence-electron chi connectivity index (χ4n) is 1.04. The van der Waals surface area contributed by atoms with Gasteiger partial charge in [0.05, 0.1) is 4.90 Å². The molecule has 0 fully saturated rings. The summed E-state index contributed by atoms with van der Waals surface area (Å²) in [5.74, 6) is -0.0268. The minimum Gasteiger partial charge on any atom is -0.508 e. The van der Waals surface area contributed by atoms with Crippen molar-refractivity contribution in [2.24, 2.45) is 5.73 Å². The molecule has 0 aliphatic rings. The van der Waals surface area contributed by atoms with Gasteiger partial charge in [-0.3, -0.25) is 0 Å². The molecular formula is C9H12N2O5S. The Hall–Kier alpha value is -1.80. The molecule has 0 aliphatic heterocycles. The molecule has 8 heteroatoms. The standard InChI is InChI=1S/C9H12N2O5S/c10-9(13)16-6-5-11-17(14,15)8-3-1-7(12)2-4-8/h1-4,11-12H,5-6H2,(H2,10,13). The van der Waals surface area contributed by atoms with E-state index >= 15 is 0 Å². The zero-order chi connectivity index (χ0) is 12.9. The van der Waals surface area contributed by atoms with Gasteiger partial charge in [0.1, 0.15) is 12.4 Å². The number of aromatic hydroxyl groups is 1. The third kappa shape index (κ3) is 4.29. The number of nitrogens with two attached hydrogens (primary N) is 1. The second-order valence-electron chi connectivity index (χ2n) is 3.06. The van der Waals surface area contributed by atoms with E-state index in [-0.39, 0.29) is 23.8 Å². The van der Waals surface area contributed by atoms with Crippen LogP contribution in [0.3, 0.4) is 0 Å². The molecule has 0 atom stereocenters. The SMILES string of the molecule is NC(=O)OCCNS(=O)(=O)c1ccc(O)cc1. The Morgan fingerprint density at radius 1 is 1.35 bits per heavy atom. The van der Waals surface area contributed by atoms with Crippen LogP contribution in [0, 0.1) is 0 Å². The minimum atomic E-state index is -3.67. The number of phenolic OH excluding ortho intramolecular Hbond substituents is 1. The molecule has 4 N–H and O–H groups in total. The van der Waals surface area contributed by atoms with E-state index in [1.807, 2.05) is 0 Å². The summed E-state index contributed by atoms with van der Waals surface area (Å²) in [6.45, 7) is -0.223. The molecule has 1 rings (SSSR count). The average Bonchev–Trinajstić information content (AvgIpc) is 2.25. The Morgan fingerprint density at radius 3 is 2.47 bits per heavy atom. The topological polar surface area (TPSA) is 119 Å². The summed E-state index contributed by atoms with van der Waals surface area (Å²) in [6, 6.07) is 5.03. The van der Waals surface area contributed by atoms with E-state index in [1.165, 1.54) is 24.3 Å². The lowest BCUT2D eigenvalue weighted by Gasteiger charge is -2.06. The van der Waals surface area contributed by atoms with Crippen molar-refractivity contribution in [3.05, 3.63) is 24.3 Å². The van der Waals surface area contributed by atoms with Crippen molar-refractivity contribution < 1.29 is 23.1 Å². The number of ether oxygens (including phenoxy) is 1. The van der Waals surface area contributed by atoms with Gasteiger partial charge < -0.3 is 15.6 Å². The third-order valence-electron chi connectivity index (χ3n) is 1.79. The van der Waals surface area contributed by atoms with Crippen LogP contribution in [-0.2, 0) is 14.8 Å². The molecule has 0 heterocycles. The van der Waals surface area contributed by atoms with Gasteiger partial charge >= 0.3 is 6.09 Å². The zero-order valence-electron chi connectivity index (χ0n) is 8.79. The van der Waals surface area contributed by atoms with Gasteiger partial charge in [0.2, 0.25) is 10.0 Å². The molecule has 0 saturated carbocycles. The van der Waals surface area contributed by atoms with Crippen molar-refractivity contribution in [3.8, 4) is 5.75 Å². The molecule has 17 heavy (non-hydrogen) atoms. The van der Waals surface area contributed by atoms with Gasteiger partial charge in [0, 0.05) is 6.54 Å². The number of carbonyl (C=O) groups is 1. The van der Waals surface area contributed by atoms with Gasteiger partial charge in [-0.05, 0) is 24.3 Å². The number of benzene rings is 1. The Bertz CT molecular complexity index is 483. The van der Waals surface area contributed by atoms with E-state index in [9.17, 15) is 13.2 Å². The minimum absolute atomic E-state index is 0.00868. The fourth-order valence-corrected chi connectivity index (χ4v) is 2.05. The van der Waals surface area contributed by atoms with E-state index in [4.69, 9.17) is 10.8 Å². The number of primary amides is 1. The summed E-state index contributed by atoms with van der Waals surface area (Å²) in [7, 11) is -3.67. The number of rotatable bonds is 5. The van der Waals surface area contributed by atoms with Gasteiger partial charge in [-0.2, -0.15) is 0 Å². The van der Waals surface area contributed by atoms with Crippen LogP contribution in [0.4, 0.5) is 4.79 Å². The van der Waals surface area contributed by atoms with Gasteiger partial charge in [-0.15, -0.1) is 0 Å². The second-order valence-corrected chi connectivity index (χ2v) is 4.83. The van der Waals surface area contributed by atoms with Gasteiger partial charge in [-0.1, -0.05) is 0 Å². The highest BCUT2D eigenvalue weighted by Gasteiger charge is 2.12. The maximum Gasteiger partial charge on any atom is 0.404 e. The van der Waals surface area contributed by atoms with Crippen molar-refractivity contribution in [2.45, 2.75) is 4.90 Å². The maximum absolute atomic E-state index is 11.6. The predicted molar refractivity (Wildman–Crippen MR) is 58.8 cm³/mol. The number of hydrogen-bond acceptors (Lipinski definition) is 5. The maximum atomic E-state index is 11.6. The lowest BCUT2D eigenvalue weighted by molar-refractivity contribution is 0.159. The molecule has 7 nitrogen and oxygen atoms in total. The Balaban J connectivity index is 2.57. The number of carbonyl (C=O) groups excluding carboxylic acids is 1. The molecule has 0 radical (unpaired) electrons. The number of phenols is 1. The molecular weight excluding hydrogens is 248 g/mol. The Kier molecular flexibility index (Phi) is 4.30. The lowest BCUT2D eigenvalue weighted by Crippen LogP contribution is -2.29. The molecule has 0 saturated heterocycles. The van der Waals surface area contributed by atoms with Crippen molar-refractivity contribution >= 4 is 16.1 Å². The monoisotopic (exact) mass is 260 g/mol. The summed E-state index contributed by atoms with van der Waals surface area (Å²) in [5, 5.41) is 9.01. The average molecular weight is 260 g/mol. The lowest BCUT2D eigenvalue weighted by atomic mass is 10.3. The molecule has 1 aromatic rings. The van der Waals surface area contributed by atoms with E-state index in [2.05, 4.69) is 9.46 Å². The van der Waals surface area contributed by atoms with Crippen molar-refractivity contribution in [2.75, 3.05) is 13.2 Å². The van der Waals surface area contributed by atoms with Crippen molar-refractivity contribution in [1.82, 2.24) is 4.72 Å². The Morgan fingerprint density at radius 2 is 1.94 bits per heavy atom. The van der Waals surface area contributed by atoms with Crippen LogP contribution in [-0.4, -0.2) is 32.8 Å². The van der Waals surface area contributed by atoms with Gasteiger partial charge in [-0.25, -0.2) is 17.9 Å². The summed E-state index contributed by atoms with van der Waals surface area (Å²) in [5.41, 5.74) is 4.70. The number of amides is 1. The van der Waals surface area contributed by atoms with Crippen molar-refractivity contribution in [1.29, 1.82) is 0 Å². The van der Waals surface area contributed by atoms with Crippen LogP contribution in [0.1, 0.15) is 0 Å². The highest BCUT2D eigenvalue weighted by Crippen LogP contribution is 2.13. The summed E-state index contributed by atoms with van der Waals surface area (Å²) < 4.78 is 29.8. The first-order valence-corrected chi connectivity index (χ1v) is 6.11. The molecule has 1 amide bonds. The third-order valence-corrected chi connectivity index (χ3v) is 3.26. The summed E-state index contributed by atoms with van der Waals surface area (Å²) >= 11 is 0. The van der Waals surface area contributed by atoms with Gasteiger partial charge in [0.25, 0.3) is 0 Å². The van der Waals surface area contributed by atoms with Crippen LogP contribution in [0.15, 0.2) is 29.2 Å². The van der Waals surface area contributed by atoms with Crippen LogP contribution in [0.5, 0.6) is 5.75 Å². The van der Waals surface area contributed by atoms with Crippen LogP contribution < -0.4 is 10.5 Å². The molecule has 94 valence electrons. The van der Waals surface area contributed by atoms with Crippen LogP contribution in [0.2, 0.25) is 0 Å². The summed E-state index contributed by atoms with van der Waals surface area (Å²) in [4.78, 5) is 10.2. The first kappa shape index (κ1) is 13.3. The predicted octanol–water partition coefficient (Wildman–Crippen LogP) is -0.234. The highest BCUT2D eigenvalue weighted by atomic mass is 32.2. The molecule has 0 aromatic heterocycles. The fraction of sp³-hybridized carbons (Fsp3) is 0.222. The van der Waals surface area contributed by atoms with Gasteiger partial charge in [0.15, 0.2) is 0 Å². The molecule has 0 bridgehead atoms. The highest BCUT2D eigenvalue weighted by molar-refractivity contribution is 7.89. The van der Waals surface area contributed by atoms with Crippen molar-refractivity contribution in [3.63, 3.8) is 0 Å². The Labute approximate surface area is 98.2 Å². The molecule has 0 spiro atoms. The first-order valence-electron chi connectivity index (χ1n) is 4.63. The van der Waals surface area contributed by atoms with Crippen LogP contribution >= 0.6 is 0 Å². The number of hydrogen-bond donors (Lipinski definition) is 3. The zero-order valence-corrected chi connectivity index (χ0v) is 9.61. The molecule has 0 unspecified atom stereocenters. The molecule has 1 aromatic carbocycles. The van der Waals surface area contributed by atoms with E-state index in [0.29, 0.717) is 0 Å². The number of sulfonamides is 1. The smallest absolute Gasteiger partial charge is 0.404 e. The number of nitrogens with one attached hydrogen (secondary N) is 1. The quantitative estimate of drug-likeness (QED) is 0.631. The van der Waals surface area contributed by atoms with E-state index < -0.39 is 16.1 Å². The van der Waals surface area contributed by atoms with E-state index in [0.717, 1.165) is 0 Å². The second kappa shape index (κ2) is 5.51. The summed E-state index contributed by atoms with van der Waals surface area (Å²) in [6.07, 6.45) is -0.964. The largest absolute Gasteiger partial charge is 0.508 e. The van der Waals surface area contributed by atoms with Crippen LogP contribution in [0.25, 0.3) is 0 Å². The normalized spacial score (nSPS) is 11.1. The molecule has 0 aliphatic carbocycles.